The topological polar surface area (TPSA) is 59.2 Å². The molecule has 16 heavy (non-hydrogen) atoms. The van der Waals surface area contributed by atoms with E-state index in [1.54, 1.807) is 0 Å². The highest BCUT2D eigenvalue weighted by atomic mass is 19.4. The number of pyridine rings is 1. The second-order valence-corrected chi connectivity index (χ2v) is 3.24. The first-order chi connectivity index (χ1) is 7.29. The van der Waals surface area contributed by atoms with E-state index in [0.29, 0.717) is 0 Å². The van der Waals surface area contributed by atoms with Crippen molar-refractivity contribution >= 4 is 11.7 Å². The number of amides is 1. The molecule has 1 aromatic rings. The van der Waals surface area contributed by atoms with Gasteiger partial charge in [0, 0.05) is 13.2 Å². The number of hydrogen-bond acceptors (Lipinski definition) is 3. The van der Waals surface area contributed by atoms with Gasteiger partial charge in [0.1, 0.15) is 12.4 Å². The van der Waals surface area contributed by atoms with Crippen LogP contribution in [0.25, 0.3) is 0 Å². The second kappa shape index (κ2) is 4.38. The number of anilines is 1. The molecular formula is C9H10F3N3O. The van der Waals surface area contributed by atoms with Crippen molar-refractivity contribution in [3.63, 3.8) is 0 Å². The fraction of sp³-hybridized carbons (Fsp3) is 0.333. The lowest BCUT2D eigenvalue weighted by molar-refractivity contribution is -0.119. The van der Waals surface area contributed by atoms with Gasteiger partial charge in [0.05, 0.1) is 5.56 Å². The molecule has 0 saturated heterocycles. The molecule has 0 aromatic carbocycles. The molecule has 0 fully saturated rings. The van der Waals surface area contributed by atoms with E-state index < -0.39 is 18.6 Å². The number of carbonyl (C=O) groups excluding carboxylic acids is 1. The Morgan fingerprint density at radius 1 is 1.50 bits per heavy atom. The van der Waals surface area contributed by atoms with Crippen LogP contribution in [0.2, 0.25) is 0 Å². The van der Waals surface area contributed by atoms with Crippen molar-refractivity contribution in [1.82, 2.24) is 4.98 Å². The minimum atomic E-state index is -4.29. The molecule has 0 unspecified atom stereocenters. The van der Waals surface area contributed by atoms with Gasteiger partial charge in [-0.2, -0.15) is 13.2 Å². The third kappa shape index (κ3) is 3.41. The van der Waals surface area contributed by atoms with Gasteiger partial charge in [0.25, 0.3) is 0 Å². The van der Waals surface area contributed by atoms with Gasteiger partial charge in [-0.05, 0) is 12.1 Å². The highest BCUT2D eigenvalue weighted by Gasteiger charge is 2.29. The summed E-state index contributed by atoms with van der Waals surface area (Å²) in [5.41, 5.74) is 5.13. The first kappa shape index (κ1) is 12.3. The van der Waals surface area contributed by atoms with E-state index in [0.717, 1.165) is 11.1 Å². The van der Waals surface area contributed by atoms with E-state index in [4.69, 9.17) is 5.73 Å². The zero-order valence-corrected chi connectivity index (χ0v) is 8.45. The average Bonchev–Trinajstić information content (AvgIpc) is 2.15. The average molecular weight is 233 g/mol. The van der Waals surface area contributed by atoms with Crippen molar-refractivity contribution in [3.8, 4) is 0 Å². The van der Waals surface area contributed by atoms with E-state index in [1.165, 1.54) is 19.2 Å². The minimum Gasteiger partial charge on any atom is -0.366 e. The normalized spacial score (nSPS) is 11.2. The molecule has 0 radical (unpaired) electrons. The van der Waals surface area contributed by atoms with Crippen molar-refractivity contribution in [1.29, 1.82) is 0 Å². The molecule has 0 aliphatic carbocycles. The number of nitrogens with two attached hydrogens (primary N) is 1. The maximum atomic E-state index is 12.1. The summed E-state index contributed by atoms with van der Waals surface area (Å²) in [6.45, 7) is -1.10. The first-order valence-corrected chi connectivity index (χ1v) is 4.33. The van der Waals surface area contributed by atoms with E-state index in [1.807, 2.05) is 0 Å². The second-order valence-electron chi connectivity index (χ2n) is 3.24. The van der Waals surface area contributed by atoms with Crippen LogP contribution >= 0.6 is 0 Å². The molecule has 1 heterocycles. The Kier molecular flexibility index (Phi) is 3.36. The van der Waals surface area contributed by atoms with Crippen LogP contribution < -0.4 is 10.6 Å². The van der Waals surface area contributed by atoms with Gasteiger partial charge in [-0.3, -0.25) is 4.79 Å². The standard InChI is InChI=1S/C9H10F3N3O/c1-15(5-9(10,11)12)7-3-2-6(4-14-7)8(13)16/h2-4H,5H2,1H3,(H2,13,16). The van der Waals surface area contributed by atoms with Crippen molar-refractivity contribution < 1.29 is 18.0 Å². The quantitative estimate of drug-likeness (QED) is 0.852. The van der Waals surface area contributed by atoms with Gasteiger partial charge in [0.2, 0.25) is 5.91 Å². The number of aromatic nitrogens is 1. The van der Waals surface area contributed by atoms with E-state index in [-0.39, 0.29) is 11.4 Å². The maximum Gasteiger partial charge on any atom is 0.405 e. The molecule has 0 aliphatic rings. The van der Waals surface area contributed by atoms with Crippen LogP contribution in [0, 0.1) is 0 Å². The maximum absolute atomic E-state index is 12.1. The molecule has 0 aliphatic heterocycles. The van der Waals surface area contributed by atoms with Crippen LogP contribution in [-0.2, 0) is 0 Å². The van der Waals surface area contributed by atoms with Crippen molar-refractivity contribution in [3.05, 3.63) is 23.9 Å². The van der Waals surface area contributed by atoms with Crippen LogP contribution in [0.4, 0.5) is 19.0 Å². The number of halogens is 3. The largest absolute Gasteiger partial charge is 0.405 e. The Morgan fingerprint density at radius 2 is 2.12 bits per heavy atom. The van der Waals surface area contributed by atoms with E-state index >= 15 is 0 Å². The summed E-state index contributed by atoms with van der Waals surface area (Å²) >= 11 is 0. The molecule has 88 valence electrons. The third-order valence-electron chi connectivity index (χ3n) is 1.84. The van der Waals surface area contributed by atoms with Gasteiger partial charge in [-0.1, -0.05) is 0 Å². The summed E-state index contributed by atoms with van der Waals surface area (Å²) in [5.74, 6) is -0.542. The molecule has 0 bridgehead atoms. The predicted molar refractivity (Wildman–Crippen MR) is 52.1 cm³/mol. The summed E-state index contributed by atoms with van der Waals surface area (Å²) in [4.78, 5) is 15.3. The molecule has 0 saturated carbocycles. The van der Waals surface area contributed by atoms with Gasteiger partial charge in [0.15, 0.2) is 0 Å². The Morgan fingerprint density at radius 3 is 2.50 bits per heavy atom. The molecule has 4 nitrogen and oxygen atoms in total. The Balaban J connectivity index is 2.78. The van der Waals surface area contributed by atoms with Crippen LogP contribution in [-0.4, -0.2) is 30.7 Å². The van der Waals surface area contributed by atoms with Gasteiger partial charge >= 0.3 is 6.18 Å². The van der Waals surface area contributed by atoms with Crippen LogP contribution in [0.1, 0.15) is 10.4 Å². The van der Waals surface area contributed by atoms with Crippen molar-refractivity contribution in [2.75, 3.05) is 18.5 Å². The molecule has 1 aromatic heterocycles. The number of alkyl halides is 3. The lowest BCUT2D eigenvalue weighted by Crippen LogP contribution is -2.31. The summed E-state index contributed by atoms with van der Waals surface area (Å²) in [5, 5.41) is 0. The number of hydrogen-bond donors (Lipinski definition) is 1. The summed E-state index contributed by atoms with van der Waals surface area (Å²) < 4.78 is 36.2. The molecule has 0 atom stereocenters. The predicted octanol–water partition coefficient (Wildman–Crippen LogP) is 1.18. The summed E-state index contributed by atoms with van der Waals surface area (Å²) in [7, 11) is 1.26. The minimum absolute atomic E-state index is 0.127. The van der Waals surface area contributed by atoms with Crippen LogP contribution in [0.3, 0.4) is 0 Å². The highest BCUT2D eigenvalue weighted by molar-refractivity contribution is 5.92. The molecule has 2 N–H and O–H groups in total. The van der Waals surface area contributed by atoms with Gasteiger partial charge < -0.3 is 10.6 Å². The molecule has 1 rings (SSSR count). The number of carbonyl (C=O) groups is 1. The van der Waals surface area contributed by atoms with Crippen LogP contribution in [0.15, 0.2) is 18.3 Å². The van der Waals surface area contributed by atoms with Gasteiger partial charge in [-0.15, -0.1) is 0 Å². The van der Waals surface area contributed by atoms with Crippen molar-refractivity contribution in [2.45, 2.75) is 6.18 Å². The fourth-order valence-corrected chi connectivity index (χ4v) is 1.11. The smallest absolute Gasteiger partial charge is 0.366 e. The number of primary amides is 1. The monoisotopic (exact) mass is 233 g/mol. The van der Waals surface area contributed by atoms with Crippen molar-refractivity contribution in [2.24, 2.45) is 5.73 Å². The molecule has 1 amide bonds. The lowest BCUT2D eigenvalue weighted by Gasteiger charge is -2.19. The zero-order chi connectivity index (χ0) is 12.3. The fourth-order valence-electron chi connectivity index (χ4n) is 1.11. The lowest BCUT2D eigenvalue weighted by atomic mass is 10.2. The van der Waals surface area contributed by atoms with Gasteiger partial charge in [-0.25, -0.2) is 4.98 Å². The van der Waals surface area contributed by atoms with E-state index in [2.05, 4.69) is 4.98 Å². The Hall–Kier alpha value is -1.79. The molecular weight excluding hydrogens is 223 g/mol. The Bertz CT molecular complexity index is 375. The third-order valence-corrected chi connectivity index (χ3v) is 1.84. The molecule has 0 spiro atoms. The number of nitrogens with zero attached hydrogens (tertiary/aromatic N) is 2. The highest BCUT2D eigenvalue weighted by Crippen LogP contribution is 2.19. The SMILES string of the molecule is CN(CC(F)(F)F)c1ccc(C(N)=O)cn1. The Labute approximate surface area is 89.9 Å². The molecule has 7 heteroatoms. The van der Waals surface area contributed by atoms with Crippen LogP contribution in [0.5, 0.6) is 0 Å². The summed E-state index contributed by atoms with van der Waals surface area (Å²) in [6, 6.07) is 2.64. The summed E-state index contributed by atoms with van der Waals surface area (Å²) in [6.07, 6.45) is -3.15. The zero-order valence-electron chi connectivity index (χ0n) is 8.45. The van der Waals surface area contributed by atoms with E-state index in [9.17, 15) is 18.0 Å². The number of rotatable bonds is 3. The first-order valence-electron chi connectivity index (χ1n) is 4.33.